The Hall–Kier alpha value is -3.36. The maximum Gasteiger partial charge on any atom is 0.472 e. The Morgan fingerprint density at radius 2 is 1.44 bits per heavy atom. The largest absolute Gasteiger partial charge is 0.472 e. The minimum atomic E-state index is -4.95. The lowest BCUT2D eigenvalue weighted by molar-refractivity contribution is -0.0126. The second kappa shape index (κ2) is 10.9. The van der Waals surface area contributed by atoms with Crippen LogP contribution in [0.3, 0.4) is 0 Å². The third-order valence-corrected chi connectivity index (χ3v) is 10.4. The smallest absolute Gasteiger partial charge is 0.390 e. The van der Waals surface area contributed by atoms with Gasteiger partial charge in [0.05, 0.1) is 44.1 Å². The Balaban J connectivity index is 1.21. The van der Waals surface area contributed by atoms with Gasteiger partial charge in [-0.2, -0.15) is 4.98 Å². The van der Waals surface area contributed by atoms with E-state index in [-0.39, 0.29) is 46.9 Å². The highest BCUT2D eigenvalue weighted by Gasteiger charge is 2.52. The van der Waals surface area contributed by atoms with Gasteiger partial charge in [0.1, 0.15) is 30.2 Å². The first kappa shape index (κ1) is 30.3. The molecule has 0 spiro atoms. The molecule has 23 heteroatoms. The molecule has 2 unspecified atom stereocenters. The van der Waals surface area contributed by atoms with E-state index in [1.54, 1.807) is 0 Å². The van der Waals surface area contributed by atoms with Crippen molar-refractivity contribution in [2.24, 2.45) is 11.8 Å². The maximum absolute atomic E-state index is 13.3. The third-order valence-electron chi connectivity index (χ3n) is 8.45. The molecule has 10 atom stereocenters. The highest BCUT2D eigenvalue weighted by atomic mass is 31.2. The summed E-state index contributed by atoms with van der Waals surface area (Å²) in [5, 5.41) is 22.4. The molecule has 4 aromatic heterocycles. The van der Waals surface area contributed by atoms with Gasteiger partial charge in [-0.05, 0) is 12.8 Å². The molecule has 4 aromatic rings. The Morgan fingerprint density at radius 3 is 2.18 bits per heavy atom. The number of phosphoric acid groups is 2. The molecule has 5 heterocycles. The molecule has 45 heavy (non-hydrogen) atoms. The van der Waals surface area contributed by atoms with Crippen molar-refractivity contribution in [1.82, 2.24) is 39.0 Å². The summed E-state index contributed by atoms with van der Waals surface area (Å²) in [6.07, 6.45) is -2.04. The van der Waals surface area contributed by atoms with E-state index in [2.05, 4.69) is 29.9 Å². The number of H-pyrrole nitrogens is 1. The zero-order chi connectivity index (χ0) is 31.8. The van der Waals surface area contributed by atoms with Crippen molar-refractivity contribution < 1.29 is 47.2 Å². The van der Waals surface area contributed by atoms with Crippen LogP contribution in [-0.4, -0.2) is 96.7 Å². The number of nitrogens with two attached hydrogens (primary N) is 2. The van der Waals surface area contributed by atoms with E-state index < -0.39 is 82.8 Å². The molecule has 2 bridgehead atoms. The second-order valence-electron chi connectivity index (χ2n) is 11.1. The topological polar surface area (TPSA) is 311 Å². The summed E-state index contributed by atoms with van der Waals surface area (Å²) in [6, 6.07) is -1.80. The van der Waals surface area contributed by atoms with Crippen molar-refractivity contribution in [1.29, 1.82) is 0 Å². The van der Waals surface area contributed by atoms with Crippen LogP contribution in [0.15, 0.2) is 23.8 Å². The van der Waals surface area contributed by atoms with Crippen molar-refractivity contribution in [2.45, 2.75) is 49.3 Å². The monoisotopic (exact) mass is 670 g/mol. The number of anilines is 2. The van der Waals surface area contributed by atoms with Crippen molar-refractivity contribution in [3.05, 3.63) is 29.3 Å². The zero-order valence-corrected chi connectivity index (χ0v) is 24.8. The van der Waals surface area contributed by atoms with Gasteiger partial charge in [-0.3, -0.25) is 27.9 Å². The minimum absolute atomic E-state index is 0.0150. The maximum atomic E-state index is 13.3. The van der Waals surface area contributed by atoms with E-state index in [1.165, 1.54) is 28.1 Å². The van der Waals surface area contributed by atoms with Gasteiger partial charge in [0.25, 0.3) is 5.56 Å². The van der Waals surface area contributed by atoms with Gasteiger partial charge in [-0.1, -0.05) is 0 Å². The van der Waals surface area contributed by atoms with E-state index in [0.29, 0.717) is 0 Å². The molecule has 3 aliphatic rings. The first-order chi connectivity index (χ1) is 21.3. The number of aromatic amines is 1. The average Bonchev–Trinajstić information content (AvgIpc) is 3.72. The summed E-state index contributed by atoms with van der Waals surface area (Å²) in [4.78, 5) is 56.5. The molecule has 2 saturated carbocycles. The van der Waals surface area contributed by atoms with Gasteiger partial charge < -0.3 is 40.6 Å². The normalized spacial score (nSPS) is 37.7. The van der Waals surface area contributed by atoms with Crippen LogP contribution >= 0.6 is 15.6 Å². The highest BCUT2D eigenvalue weighted by Crippen LogP contribution is 2.56. The average molecular weight is 670 g/mol. The number of hydrogen-bond acceptors (Lipinski definition) is 16. The number of nitrogens with zero attached hydrogens (tertiary/aromatic N) is 7. The summed E-state index contributed by atoms with van der Waals surface area (Å²) in [6.45, 7) is -1.13. The molecule has 0 radical (unpaired) electrons. The minimum Gasteiger partial charge on any atom is -0.390 e. The molecule has 3 fully saturated rings. The summed E-state index contributed by atoms with van der Waals surface area (Å²) in [7, 11) is -9.86. The van der Waals surface area contributed by atoms with Crippen LogP contribution in [0.2, 0.25) is 0 Å². The summed E-state index contributed by atoms with van der Waals surface area (Å²) >= 11 is 0. The third kappa shape index (κ3) is 5.34. The molecule has 242 valence electrons. The number of phosphoric ester groups is 2. The second-order valence-corrected chi connectivity index (χ2v) is 13.9. The van der Waals surface area contributed by atoms with E-state index >= 15 is 0 Å². The van der Waals surface area contributed by atoms with Gasteiger partial charge in [0, 0.05) is 11.8 Å². The quantitative estimate of drug-likeness (QED) is 0.126. The summed E-state index contributed by atoms with van der Waals surface area (Å²) < 4.78 is 50.9. The van der Waals surface area contributed by atoms with Gasteiger partial charge in [-0.25, -0.2) is 29.1 Å². The predicted octanol–water partition coefficient (Wildman–Crippen LogP) is -1.01. The van der Waals surface area contributed by atoms with E-state index in [1.807, 2.05) is 0 Å². The number of aromatic nitrogens is 8. The number of imidazole rings is 2. The Kier molecular flexibility index (Phi) is 7.32. The molecule has 1 aliphatic heterocycles. The Bertz CT molecular complexity index is 1930. The standard InChI is InChI=1S/C22H28N10O11P2/c23-18-12-19(26-5-25-18)31(6-27-12)10-2-9-4-41-45(38,39)43-17-11(32-7-28-13-20(32)29-22(24)30-21(13)35)1-8(14(17)33)3-40-44(36,37)42-16(9)15(10)34/h5-11,14-17,33-34H,1-4H2,(H,36,37)(H,38,39)(H2,23,25,26)(H3,24,29,30,35)/t8-,9-,10-,11-,14-,15+,16-,17+/m1/s1. The lowest BCUT2D eigenvalue weighted by Gasteiger charge is -2.27. The van der Waals surface area contributed by atoms with Crippen molar-refractivity contribution in [3.63, 3.8) is 0 Å². The van der Waals surface area contributed by atoms with Gasteiger partial charge in [-0.15, -0.1) is 0 Å². The van der Waals surface area contributed by atoms with Crippen LogP contribution in [0.25, 0.3) is 22.3 Å². The van der Waals surface area contributed by atoms with Crippen LogP contribution in [-0.2, 0) is 27.2 Å². The van der Waals surface area contributed by atoms with Crippen LogP contribution in [0, 0.1) is 11.8 Å². The Morgan fingerprint density at radius 1 is 0.822 bits per heavy atom. The van der Waals surface area contributed by atoms with Crippen LogP contribution in [0.1, 0.15) is 24.9 Å². The molecule has 0 aromatic carbocycles. The fraction of sp³-hybridized carbons (Fsp3) is 0.545. The number of rotatable bonds is 2. The molecule has 7 rings (SSSR count). The van der Waals surface area contributed by atoms with Gasteiger partial charge in [0.2, 0.25) is 5.95 Å². The molecule has 2 aliphatic carbocycles. The van der Waals surface area contributed by atoms with Crippen LogP contribution in [0.5, 0.6) is 0 Å². The number of hydrogen-bond donors (Lipinski definition) is 7. The fourth-order valence-corrected chi connectivity index (χ4v) is 8.43. The molecule has 0 amide bonds. The van der Waals surface area contributed by atoms with E-state index in [9.17, 15) is 33.9 Å². The van der Waals surface area contributed by atoms with Gasteiger partial charge in [0.15, 0.2) is 22.6 Å². The fourth-order valence-electron chi connectivity index (χ4n) is 6.37. The predicted molar refractivity (Wildman–Crippen MR) is 150 cm³/mol. The zero-order valence-electron chi connectivity index (χ0n) is 23.0. The lowest BCUT2D eigenvalue weighted by atomic mass is 10.1. The molecular formula is C22H28N10O11P2. The van der Waals surface area contributed by atoms with E-state index in [4.69, 9.17) is 29.6 Å². The van der Waals surface area contributed by atoms with Crippen LogP contribution in [0.4, 0.5) is 11.8 Å². The number of nitrogen functional groups attached to an aromatic ring is 2. The summed E-state index contributed by atoms with van der Waals surface area (Å²) in [5.74, 6) is -2.00. The first-order valence-electron chi connectivity index (χ1n) is 13.6. The van der Waals surface area contributed by atoms with Crippen molar-refractivity contribution >= 4 is 49.7 Å². The van der Waals surface area contributed by atoms with Crippen molar-refractivity contribution in [3.8, 4) is 0 Å². The lowest BCUT2D eigenvalue weighted by Crippen LogP contribution is -2.33. The number of aliphatic hydroxyl groups excluding tert-OH is 2. The summed E-state index contributed by atoms with van der Waals surface area (Å²) in [5.41, 5.74) is 11.4. The first-order valence-corrected chi connectivity index (χ1v) is 16.6. The molecule has 9 N–H and O–H groups in total. The SMILES string of the molecule is Nc1nc2c(ncn2[C@@H]2C[C@@H]3COP(=O)(O)O[C@@H]4[C@@H](COP(=O)(O)O[C@@H]2[C@@H]3O)C[C@@H](n2cnc3c(N)ncnc32)[C@@H]4O)c(=O)[nH]1. The number of fused-ring (bicyclic) bond motifs is 5. The number of aliphatic hydroxyl groups is 2. The molecule has 1 saturated heterocycles. The van der Waals surface area contributed by atoms with Gasteiger partial charge >= 0.3 is 15.6 Å². The van der Waals surface area contributed by atoms with E-state index in [0.717, 1.165) is 0 Å². The Labute approximate surface area is 251 Å². The molecular weight excluding hydrogens is 642 g/mol. The highest BCUT2D eigenvalue weighted by molar-refractivity contribution is 7.47. The molecule has 21 nitrogen and oxygen atoms in total. The van der Waals surface area contributed by atoms with Crippen molar-refractivity contribution in [2.75, 3.05) is 24.7 Å². The van der Waals surface area contributed by atoms with Crippen LogP contribution < -0.4 is 17.0 Å². The number of nitrogens with one attached hydrogen (secondary N) is 1.